The maximum atomic E-state index is 13.6. The SMILES string of the molecule is COc1cccc(C=C2CNC2)c1F. The quantitative estimate of drug-likeness (QED) is 0.773. The predicted octanol–water partition coefficient (Wildman–Crippen LogP) is 1.82. The second-order valence-corrected chi connectivity index (χ2v) is 3.27. The van der Waals surface area contributed by atoms with E-state index in [1.807, 2.05) is 6.08 Å². The topological polar surface area (TPSA) is 21.3 Å². The van der Waals surface area contributed by atoms with E-state index in [-0.39, 0.29) is 5.82 Å². The van der Waals surface area contributed by atoms with Gasteiger partial charge in [-0.05, 0) is 11.6 Å². The van der Waals surface area contributed by atoms with Gasteiger partial charge in [0.25, 0.3) is 0 Å². The maximum absolute atomic E-state index is 13.6. The van der Waals surface area contributed by atoms with E-state index < -0.39 is 0 Å². The largest absolute Gasteiger partial charge is 0.494 e. The fraction of sp³-hybridized carbons (Fsp3) is 0.273. The second-order valence-electron chi connectivity index (χ2n) is 3.27. The molecule has 1 aromatic rings. The highest BCUT2D eigenvalue weighted by atomic mass is 19.1. The van der Waals surface area contributed by atoms with Crippen molar-refractivity contribution in [2.75, 3.05) is 20.2 Å². The van der Waals surface area contributed by atoms with Crippen LogP contribution in [0.2, 0.25) is 0 Å². The number of ether oxygens (including phenoxy) is 1. The fourth-order valence-corrected chi connectivity index (χ4v) is 1.39. The molecule has 1 aliphatic rings. The van der Waals surface area contributed by atoms with Crippen molar-refractivity contribution in [1.82, 2.24) is 5.32 Å². The van der Waals surface area contributed by atoms with Crippen LogP contribution in [0.15, 0.2) is 23.8 Å². The van der Waals surface area contributed by atoms with Crippen LogP contribution in [0, 0.1) is 5.82 Å². The fourth-order valence-electron chi connectivity index (χ4n) is 1.39. The number of halogens is 1. The third kappa shape index (κ3) is 1.63. The van der Waals surface area contributed by atoms with Gasteiger partial charge in [-0.3, -0.25) is 0 Å². The van der Waals surface area contributed by atoms with E-state index in [0.717, 1.165) is 13.1 Å². The first-order valence-electron chi connectivity index (χ1n) is 4.54. The van der Waals surface area contributed by atoms with Crippen LogP contribution in [-0.4, -0.2) is 20.2 Å². The molecule has 1 heterocycles. The zero-order valence-electron chi connectivity index (χ0n) is 8.01. The molecule has 0 bridgehead atoms. The van der Waals surface area contributed by atoms with Crippen LogP contribution >= 0.6 is 0 Å². The first-order valence-corrected chi connectivity index (χ1v) is 4.54. The van der Waals surface area contributed by atoms with Gasteiger partial charge >= 0.3 is 0 Å². The van der Waals surface area contributed by atoms with Crippen molar-refractivity contribution >= 4 is 6.08 Å². The van der Waals surface area contributed by atoms with Gasteiger partial charge in [0.05, 0.1) is 7.11 Å². The summed E-state index contributed by atoms with van der Waals surface area (Å²) < 4.78 is 18.5. The smallest absolute Gasteiger partial charge is 0.172 e. The monoisotopic (exact) mass is 193 g/mol. The molecular formula is C11H12FNO. The molecular weight excluding hydrogens is 181 g/mol. The van der Waals surface area contributed by atoms with Crippen molar-refractivity contribution in [1.29, 1.82) is 0 Å². The molecule has 74 valence electrons. The molecule has 2 rings (SSSR count). The molecule has 14 heavy (non-hydrogen) atoms. The molecule has 0 atom stereocenters. The molecule has 0 unspecified atom stereocenters. The minimum absolute atomic E-state index is 0.283. The molecule has 2 nitrogen and oxygen atoms in total. The lowest BCUT2D eigenvalue weighted by Crippen LogP contribution is -2.33. The lowest BCUT2D eigenvalue weighted by atomic mass is 10.1. The summed E-state index contributed by atoms with van der Waals surface area (Å²) in [5, 5.41) is 3.11. The van der Waals surface area contributed by atoms with Gasteiger partial charge in [0.2, 0.25) is 0 Å². The summed E-state index contributed by atoms with van der Waals surface area (Å²) >= 11 is 0. The number of hydrogen-bond acceptors (Lipinski definition) is 2. The van der Waals surface area contributed by atoms with Gasteiger partial charge in [0.15, 0.2) is 11.6 Å². The second kappa shape index (κ2) is 3.80. The Morgan fingerprint density at radius 3 is 2.79 bits per heavy atom. The lowest BCUT2D eigenvalue weighted by molar-refractivity contribution is 0.386. The van der Waals surface area contributed by atoms with Crippen LogP contribution in [0.5, 0.6) is 5.75 Å². The van der Waals surface area contributed by atoms with Gasteiger partial charge in [0.1, 0.15) is 0 Å². The minimum Gasteiger partial charge on any atom is -0.494 e. The van der Waals surface area contributed by atoms with Gasteiger partial charge in [0, 0.05) is 18.7 Å². The van der Waals surface area contributed by atoms with Crippen LogP contribution in [0.4, 0.5) is 4.39 Å². The molecule has 0 saturated carbocycles. The summed E-state index contributed by atoms with van der Waals surface area (Å²) in [5.41, 5.74) is 1.82. The molecule has 3 heteroatoms. The Labute approximate surface area is 82.4 Å². The summed E-state index contributed by atoms with van der Waals surface area (Å²) in [6.45, 7) is 1.72. The predicted molar refractivity (Wildman–Crippen MR) is 53.8 cm³/mol. The third-order valence-electron chi connectivity index (χ3n) is 2.28. The first kappa shape index (κ1) is 9.21. The van der Waals surface area contributed by atoms with Crippen molar-refractivity contribution in [2.24, 2.45) is 0 Å². The summed E-state index contributed by atoms with van der Waals surface area (Å²) in [5.74, 6) is 0.0148. The highest BCUT2D eigenvalue weighted by Crippen LogP contribution is 2.22. The molecule has 1 fully saturated rings. The van der Waals surface area contributed by atoms with E-state index in [0.29, 0.717) is 11.3 Å². The van der Waals surface area contributed by atoms with Gasteiger partial charge in [-0.15, -0.1) is 0 Å². The average molecular weight is 193 g/mol. The molecule has 1 aliphatic heterocycles. The van der Waals surface area contributed by atoms with Crippen molar-refractivity contribution in [2.45, 2.75) is 0 Å². The van der Waals surface area contributed by atoms with Crippen molar-refractivity contribution in [3.8, 4) is 5.75 Å². The Kier molecular flexibility index (Phi) is 2.50. The zero-order valence-corrected chi connectivity index (χ0v) is 8.01. The van der Waals surface area contributed by atoms with Gasteiger partial charge in [-0.2, -0.15) is 0 Å². The van der Waals surface area contributed by atoms with Crippen LogP contribution in [0.3, 0.4) is 0 Å². The van der Waals surface area contributed by atoms with E-state index in [1.54, 1.807) is 18.2 Å². The summed E-state index contributed by atoms with van der Waals surface area (Å²) in [6, 6.07) is 5.17. The lowest BCUT2D eigenvalue weighted by Gasteiger charge is -2.18. The highest BCUT2D eigenvalue weighted by molar-refractivity contribution is 5.57. The van der Waals surface area contributed by atoms with Gasteiger partial charge in [-0.25, -0.2) is 4.39 Å². The number of nitrogens with one attached hydrogen (secondary N) is 1. The molecule has 0 spiro atoms. The number of methoxy groups -OCH3 is 1. The molecule has 0 aromatic heterocycles. The van der Waals surface area contributed by atoms with E-state index in [4.69, 9.17) is 4.74 Å². The summed E-state index contributed by atoms with van der Waals surface area (Å²) in [6.07, 6.45) is 1.87. The average Bonchev–Trinajstić information content (AvgIpc) is 2.13. The van der Waals surface area contributed by atoms with Gasteiger partial charge in [-0.1, -0.05) is 18.2 Å². The van der Waals surface area contributed by atoms with Crippen LogP contribution < -0.4 is 10.1 Å². The zero-order chi connectivity index (χ0) is 9.97. The third-order valence-corrected chi connectivity index (χ3v) is 2.28. The number of benzene rings is 1. The van der Waals surface area contributed by atoms with E-state index in [1.165, 1.54) is 12.7 Å². The Morgan fingerprint density at radius 1 is 1.43 bits per heavy atom. The molecule has 1 N–H and O–H groups in total. The minimum atomic E-state index is -0.283. The number of rotatable bonds is 2. The normalized spacial score (nSPS) is 14.9. The highest BCUT2D eigenvalue weighted by Gasteiger charge is 2.10. The maximum Gasteiger partial charge on any atom is 0.172 e. The number of hydrogen-bond donors (Lipinski definition) is 1. The van der Waals surface area contributed by atoms with Crippen LogP contribution in [0.1, 0.15) is 5.56 Å². The van der Waals surface area contributed by atoms with Crippen molar-refractivity contribution < 1.29 is 9.13 Å². The molecule has 0 amide bonds. The Balaban J connectivity index is 2.33. The van der Waals surface area contributed by atoms with E-state index in [9.17, 15) is 4.39 Å². The molecule has 1 aromatic carbocycles. The standard InChI is InChI=1S/C11H12FNO/c1-14-10-4-2-3-9(11(10)12)5-8-6-13-7-8/h2-5,13H,6-7H2,1H3. The Morgan fingerprint density at radius 2 is 2.21 bits per heavy atom. The van der Waals surface area contributed by atoms with Crippen molar-refractivity contribution in [3.05, 3.63) is 35.2 Å². The molecule has 0 aliphatic carbocycles. The first-order chi connectivity index (χ1) is 6.81. The van der Waals surface area contributed by atoms with Gasteiger partial charge < -0.3 is 10.1 Å². The Bertz CT molecular complexity index is 368. The summed E-state index contributed by atoms with van der Waals surface area (Å²) in [7, 11) is 1.47. The molecule has 0 radical (unpaired) electrons. The summed E-state index contributed by atoms with van der Waals surface area (Å²) in [4.78, 5) is 0. The van der Waals surface area contributed by atoms with Crippen LogP contribution in [-0.2, 0) is 0 Å². The Hall–Kier alpha value is -1.35. The molecule has 1 saturated heterocycles. The van der Waals surface area contributed by atoms with Crippen molar-refractivity contribution in [3.63, 3.8) is 0 Å². The van der Waals surface area contributed by atoms with E-state index in [2.05, 4.69) is 5.32 Å². The van der Waals surface area contributed by atoms with Crippen LogP contribution in [0.25, 0.3) is 6.08 Å². The van der Waals surface area contributed by atoms with E-state index >= 15 is 0 Å².